The molecule has 4 rings (SSSR count). The van der Waals surface area contributed by atoms with Crippen molar-refractivity contribution >= 4 is 22.4 Å². The number of benzene rings is 3. The Labute approximate surface area is 192 Å². The van der Waals surface area contributed by atoms with Gasteiger partial charge in [0.25, 0.3) is 0 Å². The van der Waals surface area contributed by atoms with Crippen LogP contribution in [0, 0.1) is 23.4 Å². The van der Waals surface area contributed by atoms with E-state index in [0.717, 1.165) is 37.2 Å². The summed E-state index contributed by atoms with van der Waals surface area (Å²) in [6.07, 6.45) is 6.57. The lowest BCUT2D eigenvalue weighted by Crippen LogP contribution is -2.14. The number of hydrogen-bond donors (Lipinski definition) is 0. The second kappa shape index (κ2) is 10.3. The Morgan fingerprint density at radius 1 is 0.906 bits per heavy atom. The Morgan fingerprint density at radius 3 is 2.31 bits per heavy atom. The van der Waals surface area contributed by atoms with Crippen LogP contribution in [0.5, 0.6) is 0 Å². The van der Waals surface area contributed by atoms with E-state index in [4.69, 9.17) is 16.3 Å². The second-order valence-corrected chi connectivity index (χ2v) is 9.27. The Balaban J connectivity index is 1.46. The van der Waals surface area contributed by atoms with E-state index in [0.29, 0.717) is 35.3 Å². The third-order valence-electron chi connectivity index (χ3n) is 6.83. The highest BCUT2D eigenvalue weighted by atomic mass is 35.5. The summed E-state index contributed by atoms with van der Waals surface area (Å²) in [5, 5.41) is 0.979. The quantitative estimate of drug-likeness (QED) is 0.324. The van der Waals surface area contributed by atoms with Gasteiger partial charge in [-0.1, -0.05) is 41.9 Å². The molecule has 0 atom stereocenters. The van der Waals surface area contributed by atoms with Gasteiger partial charge < -0.3 is 4.74 Å². The van der Waals surface area contributed by atoms with Crippen molar-refractivity contribution in [2.24, 2.45) is 5.92 Å². The lowest BCUT2D eigenvalue weighted by atomic mass is 9.77. The minimum absolute atomic E-state index is 0.257. The molecule has 0 heterocycles. The number of ether oxygens (including phenoxy) is 1. The number of aryl methyl sites for hydroxylation is 2. The van der Waals surface area contributed by atoms with E-state index in [1.54, 1.807) is 13.2 Å². The van der Waals surface area contributed by atoms with Crippen LogP contribution < -0.4 is 0 Å². The van der Waals surface area contributed by atoms with Crippen molar-refractivity contribution < 1.29 is 17.9 Å². The summed E-state index contributed by atoms with van der Waals surface area (Å²) in [6, 6.07) is 12.2. The Hall–Kier alpha value is -2.04. The smallest absolute Gasteiger partial charge is 0.145 e. The highest BCUT2D eigenvalue weighted by Gasteiger charge is 2.22. The molecule has 1 saturated carbocycles. The SMILES string of the molecule is COCCC1CCC(c2ccc3c(F)c(CCc4cc(F)c(Cl)c(F)c4)ccc3c2)CC1. The molecule has 5 heteroatoms. The number of hydrogen-bond acceptors (Lipinski definition) is 1. The minimum Gasteiger partial charge on any atom is -0.385 e. The molecular formula is C27H28ClF3O. The zero-order valence-electron chi connectivity index (χ0n) is 18.3. The van der Waals surface area contributed by atoms with Crippen LogP contribution in [0.1, 0.15) is 54.7 Å². The van der Waals surface area contributed by atoms with Crippen molar-refractivity contribution in [3.05, 3.63) is 81.6 Å². The van der Waals surface area contributed by atoms with Crippen LogP contribution in [0.4, 0.5) is 13.2 Å². The molecule has 1 fully saturated rings. The van der Waals surface area contributed by atoms with Crippen molar-refractivity contribution in [3.8, 4) is 0 Å². The maximum absolute atomic E-state index is 15.2. The largest absolute Gasteiger partial charge is 0.385 e. The van der Waals surface area contributed by atoms with Gasteiger partial charge in [0, 0.05) is 19.1 Å². The summed E-state index contributed by atoms with van der Waals surface area (Å²) in [5.74, 6) is -0.570. The average molecular weight is 461 g/mol. The van der Waals surface area contributed by atoms with E-state index in [9.17, 15) is 8.78 Å². The molecule has 3 aromatic carbocycles. The van der Waals surface area contributed by atoms with Gasteiger partial charge in [-0.25, -0.2) is 13.2 Å². The molecule has 1 aliphatic carbocycles. The monoisotopic (exact) mass is 460 g/mol. The van der Waals surface area contributed by atoms with E-state index in [1.165, 1.54) is 30.5 Å². The summed E-state index contributed by atoms with van der Waals surface area (Å²) in [4.78, 5) is 0. The molecule has 0 bridgehead atoms. The fourth-order valence-corrected chi connectivity index (χ4v) is 5.01. The van der Waals surface area contributed by atoms with Crippen LogP contribution in [0.2, 0.25) is 5.02 Å². The molecule has 0 aromatic heterocycles. The third-order valence-corrected chi connectivity index (χ3v) is 7.19. The molecule has 0 saturated heterocycles. The molecule has 0 radical (unpaired) electrons. The number of halogens is 4. The van der Waals surface area contributed by atoms with Gasteiger partial charge in [-0.05, 0) is 91.0 Å². The third kappa shape index (κ3) is 5.13. The van der Waals surface area contributed by atoms with Crippen LogP contribution in [0.15, 0.2) is 42.5 Å². The number of methoxy groups -OCH3 is 1. The molecule has 1 nitrogen and oxygen atoms in total. The fraction of sp³-hybridized carbons (Fsp3) is 0.407. The van der Waals surface area contributed by atoms with Gasteiger partial charge in [0.2, 0.25) is 0 Å². The first-order valence-electron chi connectivity index (χ1n) is 11.3. The van der Waals surface area contributed by atoms with Gasteiger partial charge in [-0.3, -0.25) is 0 Å². The fourth-order valence-electron chi connectivity index (χ4n) is 4.90. The van der Waals surface area contributed by atoms with Crippen molar-refractivity contribution in [2.75, 3.05) is 13.7 Å². The molecular weight excluding hydrogens is 433 g/mol. The van der Waals surface area contributed by atoms with Gasteiger partial charge >= 0.3 is 0 Å². The predicted molar refractivity (Wildman–Crippen MR) is 124 cm³/mol. The zero-order chi connectivity index (χ0) is 22.7. The van der Waals surface area contributed by atoms with Gasteiger partial charge in [-0.15, -0.1) is 0 Å². The molecule has 32 heavy (non-hydrogen) atoms. The summed E-state index contributed by atoms with van der Waals surface area (Å²) >= 11 is 5.54. The molecule has 0 amide bonds. The van der Waals surface area contributed by atoms with E-state index < -0.39 is 16.7 Å². The molecule has 0 spiro atoms. The number of fused-ring (bicyclic) bond motifs is 1. The van der Waals surface area contributed by atoms with Crippen molar-refractivity contribution in [1.29, 1.82) is 0 Å². The van der Waals surface area contributed by atoms with Gasteiger partial charge in [0.1, 0.15) is 22.5 Å². The highest BCUT2D eigenvalue weighted by molar-refractivity contribution is 6.30. The van der Waals surface area contributed by atoms with Crippen LogP contribution in [0.3, 0.4) is 0 Å². The van der Waals surface area contributed by atoms with Crippen LogP contribution in [-0.4, -0.2) is 13.7 Å². The molecule has 1 aliphatic rings. The molecule has 3 aromatic rings. The molecule has 0 unspecified atom stereocenters. The van der Waals surface area contributed by atoms with Gasteiger partial charge in [-0.2, -0.15) is 0 Å². The minimum atomic E-state index is -0.791. The van der Waals surface area contributed by atoms with Crippen molar-refractivity contribution in [3.63, 3.8) is 0 Å². The predicted octanol–water partition coefficient (Wildman–Crippen LogP) is 8.01. The summed E-state index contributed by atoms with van der Waals surface area (Å²) < 4.78 is 47.7. The molecule has 0 aliphatic heterocycles. The van der Waals surface area contributed by atoms with E-state index in [2.05, 4.69) is 12.1 Å². The topological polar surface area (TPSA) is 9.23 Å². The first kappa shape index (κ1) is 23.1. The Bertz CT molecular complexity index is 1070. The second-order valence-electron chi connectivity index (χ2n) is 8.89. The van der Waals surface area contributed by atoms with E-state index in [-0.39, 0.29) is 5.82 Å². The first-order valence-corrected chi connectivity index (χ1v) is 11.7. The van der Waals surface area contributed by atoms with Gasteiger partial charge in [0.05, 0.1) is 0 Å². The maximum atomic E-state index is 15.2. The Morgan fingerprint density at radius 2 is 1.62 bits per heavy atom. The van der Waals surface area contributed by atoms with Gasteiger partial charge in [0.15, 0.2) is 0 Å². The lowest BCUT2D eigenvalue weighted by Gasteiger charge is -2.29. The highest BCUT2D eigenvalue weighted by Crippen LogP contribution is 2.38. The van der Waals surface area contributed by atoms with Crippen molar-refractivity contribution in [1.82, 2.24) is 0 Å². The van der Waals surface area contributed by atoms with Crippen LogP contribution in [0.25, 0.3) is 10.8 Å². The van der Waals surface area contributed by atoms with E-state index >= 15 is 4.39 Å². The standard InChI is InChI=1S/C27H28ClF3O/c1-32-13-12-17-2-5-19(6-3-17)21-10-11-23-22(16-21)9-8-20(27(23)31)7-4-18-14-24(29)26(28)25(30)15-18/h8-11,14-17,19H,2-7,12-13H2,1H3. The molecule has 170 valence electrons. The summed E-state index contributed by atoms with van der Waals surface area (Å²) in [5.41, 5.74) is 2.28. The zero-order valence-corrected chi connectivity index (χ0v) is 19.0. The van der Waals surface area contributed by atoms with Crippen LogP contribution in [-0.2, 0) is 17.6 Å². The lowest BCUT2D eigenvalue weighted by molar-refractivity contribution is 0.163. The first-order chi connectivity index (χ1) is 15.5. The average Bonchev–Trinajstić information content (AvgIpc) is 2.81. The maximum Gasteiger partial charge on any atom is 0.145 e. The molecule has 0 N–H and O–H groups in total. The Kier molecular flexibility index (Phi) is 7.42. The summed E-state index contributed by atoms with van der Waals surface area (Å²) in [7, 11) is 1.75. The van der Waals surface area contributed by atoms with E-state index in [1.807, 2.05) is 12.1 Å². The van der Waals surface area contributed by atoms with Crippen LogP contribution >= 0.6 is 11.6 Å². The van der Waals surface area contributed by atoms with Crippen molar-refractivity contribution in [2.45, 2.75) is 50.9 Å². The summed E-state index contributed by atoms with van der Waals surface area (Å²) in [6.45, 7) is 0.828. The number of rotatable bonds is 7. The normalized spacial score (nSPS) is 18.9.